The molecule has 112 valence electrons. The third kappa shape index (κ3) is 3.14. The largest absolute Gasteiger partial charge is 0.493 e. The topological polar surface area (TPSA) is 39.1 Å². The van der Waals surface area contributed by atoms with E-state index in [-0.39, 0.29) is 6.04 Å². The second kappa shape index (κ2) is 6.20. The summed E-state index contributed by atoms with van der Waals surface area (Å²) in [6, 6.07) is 4.56. The SMILES string of the molecule is CCn1cc(C(C)NCc2cc(Br)cc3c2OCC3)cn1. The second-order valence-electron chi connectivity index (χ2n) is 5.38. The maximum absolute atomic E-state index is 5.77. The van der Waals surface area contributed by atoms with Crippen LogP contribution in [0.4, 0.5) is 0 Å². The van der Waals surface area contributed by atoms with Gasteiger partial charge in [-0.25, -0.2) is 0 Å². The van der Waals surface area contributed by atoms with Crippen LogP contribution >= 0.6 is 15.9 Å². The van der Waals surface area contributed by atoms with Crippen molar-refractivity contribution in [2.45, 2.75) is 39.4 Å². The summed E-state index contributed by atoms with van der Waals surface area (Å²) in [5.74, 6) is 1.06. The van der Waals surface area contributed by atoms with Gasteiger partial charge in [-0.1, -0.05) is 15.9 Å². The van der Waals surface area contributed by atoms with Gasteiger partial charge in [0.25, 0.3) is 0 Å². The number of hydrogen-bond acceptors (Lipinski definition) is 3. The van der Waals surface area contributed by atoms with Gasteiger partial charge in [-0.15, -0.1) is 0 Å². The van der Waals surface area contributed by atoms with E-state index < -0.39 is 0 Å². The highest BCUT2D eigenvalue weighted by atomic mass is 79.9. The quantitative estimate of drug-likeness (QED) is 0.898. The highest BCUT2D eigenvalue weighted by Gasteiger charge is 2.18. The molecule has 1 atom stereocenters. The van der Waals surface area contributed by atoms with Gasteiger partial charge in [-0.05, 0) is 31.5 Å². The van der Waals surface area contributed by atoms with Gasteiger partial charge in [0.1, 0.15) is 5.75 Å². The average Bonchev–Trinajstić information content (AvgIpc) is 3.12. The molecule has 4 nitrogen and oxygen atoms in total. The molecule has 2 heterocycles. The summed E-state index contributed by atoms with van der Waals surface area (Å²) in [4.78, 5) is 0. The number of halogens is 1. The molecular formula is C16H20BrN3O. The molecule has 1 aromatic heterocycles. The summed E-state index contributed by atoms with van der Waals surface area (Å²) >= 11 is 3.58. The van der Waals surface area contributed by atoms with Crippen molar-refractivity contribution >= 4 is 15.9 Å². The molecule has 1 aromatic carbocycles. The van der Waals surface area contributed by atoms with Crippen molar-refractivity contribution in [1.82, 2.24) is 15.1 Å². The van der Waals surface area contributed by atoms with Crippen LogP contribution < -0.4 is 10.1 Å². The van der Waals surface area contributed by atoms with Crippen molar-refractivity contribution in [3.63, 3.8) is 0 Å². The third-order valence-corrected chi connectivity index (χ3v) is 4.36. The fourth-order valence-electron chi connectivity index (χ4n) is 2.63. The summed E-state index contributed by atoms with van der Waals surface area (Å²) in [7, 11) is 0. The Hall–Kier alpha value is -1.33. The lowest BCUT2D eigenvalue weighted by Crippen LogP contribution is -2.18. The minimum atomic E-state index is 0.265. The molecule has 1 aliphatic rings. The molecule has 0 spiro atoms. The summed E-state index contributed by atoms with van der Waals surface area (Å²) in [5, 5.41) is 7.88. The van der Waals surface area contributed by atoms with Crippen LogP contribution in [-0.4, -0.2) is 16.4 Å². The third-order valence-electron chi connectivity index (χ3n) is 3.90. The molecule has 2 aromatic rings. The van der Waals surface area contributed by atoms with Gasteiger partial charge in [0.05, 0.1) is 12.8 Å². The van der Waals surface area contributed by atoms with Crippen LogP contribution in [-0.2, 0) is 19.5 Å². The van der Waals surface area contributed by atoms with Crippen molar-refractivity contribution in [2.24, 2.45) is 0 Å². The molecule has 0 bridgehead atoms. The Morgan fingerprint density at radius 1 is 1.48 bits per heavy atom. The number of aryl methyl sites for hydroxylation is 1. The van der Waals surface area contributed by atoms with Gasteiger partial charge in [0.15, 0.2) is 0 Å². The zero-order valence-electron chi connectivity index (χ0n) is 12.4. The Balaban J connectivity index is 1.70. The van der Waals surface area contributed by atoms with Crippen molar-refractivity contribution in [1.29, 1.82) is 0 Å². The van der Waals surface area contributed by atoms with E-state index in [0.29, 0.717) is 0 Å². The van der Waals surface area contributed by atoms with E-state index in [1.165, 1.54) is 16.7 Å². The molecule has 0 amide bonds. The van der Waals surface area contributed by atoms with Crippen LogP contribution in [0.5, 0.6) is 5.75 Å². The number of nitrogens with one attached hydrogen (secondary N) is 1. The predicted molar refractivity (Wildman–Crippen MR) is 86.5 cm³/mol. The molecule has 0 saturated heterocycles. The number of nitrogens with zero attached hydrogens (tertiary/aromatic N) is 2. The van der Waals surface area contributed by atoms with Crippen molar-refractivity contribution in [3.05, 3.63) is 45.7 Å². The highest BCUT2D eigenvalue weighted by Crippen LogP contribution is 2.33. The van der Waals surface area contributed by atoms with E-state index in [2.05, 4.69) is 58.5 Å². The Kier molecular flexibility index (Phi) is 4.31. The van der Waals surface area contributed by atoms with Crippen LogP contribution in [0, 0.1) is 0 Å². The summed E-state index contributed by atoms with van der Waals surface area (Å²) < 4.78 is 8.84. The maximum Gasteiger partial charge on any atom is 0.127 e. The Morgan fingerprint density at radius 3 is 3.10 bits per heavy atom. The molecule has 1 N–H and O–H groups in total. The molecule has 0 saturated carbocycles. The average molecular weight is 350 g/mol. The van der Waals surface area contributed by atoms with E-state index >= 15 is 0 Å². The monoisotopic (exact) mass is 349 g/mol. The lowest BCUT2D eigenvalue weighted by molar-refractivity contribution is 0.351. The Morgan fingerprint density at radius 2 is 2.33 bits per heavy atom. The zero-order valence-corrected chi connectivity index (χ0v) is 14.0. The Labute approximate surface area is 133 Å². The van der Waals surface area contributed by atoms with Crippen LogP contribution in [0.1, 0.15) is 36.6 Å². The fraction of sp³-hybridized carbons (Fsp3) is 0.438. The minimum absolute atomic E-state index is 0.265. The normalized spacial score (nSPS) is 14.8. The first-order valence-electron chi connectivity index (χ1n) is 7.37. The minimum Gasteiger partial charge on any atom is -0.493 e. The van der Waals surface area contributed by atoms with Crippen molar-refractivity contribution < 1.29 is 4.74 Å². The first kappa shape index (κ1) is 14.6. The number of benzene rings is 1. The lowest BCUT2D eigenvalue weighted by atomic mass is 10.1. The van der Waals surface area contributed by atoms with Crippen LogP contribution in [0.25, 0.3) is 0 Å². The smallest absolute Gasteiger partial charge is 0.127 e. The van der Waals surface area contributed by atoms with Gasteiger partial charge in [0, 0.05) is 47.3 Å². The lowest BCUT2D eigenvalue weighted by Gasteiger charge is -2.14. The molecule has 5 heteroatoms. The predicted octanol–water partition coefficient (Wildman–Crippen LogP) is 3.45. The molecule has 0 fully saturated rings. The molecule has 1 unspecified atom stereocenters. The van der Waals surface area contributed by atoms with Gasteiger partial charge in [0.2, 0.25) is 0 Å². The zero-order chi connectivity index (χ0) is 14.8. The summed E-state index contributed by atoms with van der Waals surface area (Å²) in [6.45, 7) is 6.74. The molecule has 0 aliphatic carbocycles. The summed E-state index contributed by atoms with van der Waals surface area (Å²) in [5.41, 5.74) is 3.73. The van der Waals surface area contributed by atoms with Gasteiger partial charge < -0.3 is 10.1 Å². The summed E-state index contributed by atoms with van der Waals surface area (Å²) in [6.07, 6.45) is 5.03. The molecule has 0 radical (unpaired) electrons. The number of aromatic nitrogens is 2. The molecule has 1 aliphatic heterocycles. The van der Waals surface area contributed by atoms with Crippen LogP contribution in [0.15, 0.2) is 29.0 Å². The van der Waals surface area contributed by atoms with E-state index in [4.69, 9.17) is 4.74 Å². The van der Waals surface area contributed by atoms with Crippen LogP contribution in [0.2, 0.25) is 0 Å². The number of hydrogen-bond donors (Lipinski definition) is 1. The number of ether oxygens (including phenoxy) is 1. The molecule has 3 rings (SSSR count). The molecular weight excluding hydrogens is 330 g/mol. The highest BCUT2D eigenvalue weighted by molar-refractivity contribution is 9.10. The fourth-order valence-corrected chi connectivity index (χ4v) is 3.19. The van der Waals surface area contributed by atoms with Gasteiger partial charge >= 0.3 is 0 Å². The van der Waals surface area contributed by atoms with Crippen molar-refractivity contribution in [2.75, 3.05) is 6.61 Å². The standard InChI is InChI=1S/C16H20BrN3O/c1-3-20-10-14(9-19-20)11(2)18-8-13-7-15(17)6-12-4-5-21-16(12)13/h6-7,9-11,18H,3-5,8H2,1-2H3. The van der Waals surface area contributed by atoms with Crippen molar-refractivity contribution in [3.8, 4) is 5.75 Å². The first-order valence-corrected chi connectivity index (χ1v) is 8.16. The van der Waals surface area contributed by atoms with E-state index in [1.807, 2.05) is 10.9 Å². The Bertz CT molecular complexity index is 638. The van der Waals surface area contributed by atoms with Gasteiger partial charge in [-0.2, -0.15) is 5.10 Å². The van der Waals surface area contributed by atoms with Crippen LogP contribution in [0.3, 0.4) is 0 Å². The number of rotatable bonds is 5. The van der Waals surface area contributed by atoms with E-state index in [9.17, 15) is 0 Å². The second-order valence-corrected chi connectivity index (χ2v) is 6.30. The maximum atomic E-state index is 5.77. The van der Waals surface area contributed by atoms with Gasteiger partial charge in [-0.3, -0.25) is 4.68 Å². The number of fused-ring (bicyclic) bond motifs is 1. The van der Waals surface area contributed by atoms with E-state index in [1.54, 1.807) is 0 Å². The first-order chi connectivity index (χ1) is 10.2. The molecule has 21 heavy (non-hydrogen) atoms. The van der Waals surface area contributed by atoms with E-state index in [0.717, 1.165) is 36.3 Å².